The quantitative estimate of drug-likeness (QED) is 0.0309. The summed E-state index contributed by atoms with van der Waals surface area (Å²) < 4.78 is 10.00. The first-order valence-electron chi connectivity index (χ1n) is 20.6. The van der Waals surface area contributed by atoms with Crippen molar-refractivity contribution in [3.05, 3.63) is 195 Å². The van der Waals surface area contributed by atoms with Crippen LogP contribution in [-0.4, -0.2) is 71.5 Å². The summed E-state index contributed by atoms with van der Waals surface area (Å²) >= 11 is 0. The molecule has 3 heterocycles. The summed E-state index contributed by atoms with van der Waals surface area (Å²) in [5.74, 6) is -0.0832. The van der Waals surface area contributed by atoms with Gasteiger partial charge in [0, 0.05) is 12.4 Å². The molecule has 0 fully saturated rings. The van der Waals surface area contributed by atoms with Gasteiger partial charge in [0.1, 0.15) is 0 Å². The number of aromatic nitrogens is 3. The van der Waals surface area contributed by atoms with E-state index in [1.165, 1.54) is 76.4 Å². The zero-order valence-electron chi connectivity index (χ0n) is 37.3. The van der Waals surface area contributed by atoms with Crippen LogP contribution in [0.2, 0.25) is 0 Å². The number of ether oxygens (including phenoxy) is 2. The second-order valence-electron chi connectivity index (χ2n) is 14.6. The van der Waals surface area contributed by atoms with Gasteiger partial charge in [0.25, 0.3) is 10.2 Å². The molecule has 0 spiro atoms. The van der Waals surface area contributed by atoms with Crippen molar-refractivity contribution in [2.45, 2.75) is 6.42 Å². The topological polar surface area (TPSA) is 258 Å². The number of pyridine rings is 3. The van der Waals surface area contributed by atoms with Gasteiger partial charge in [-0.25, -0.2) is 4.98 Å². The summed E-state index contributed by atoms with van der Waals surface area (Å²) in [6.07, 6.45) is 9.05. The van der Waals surface area contributed by atoms with E-state index in [-0.39, 0.29) is 65.1 Å². The molecule has 0 saturated carbocycles. The number of allylic oxidation sites excluding steroid dienone is 2. The van der Waals surface area contributed by atoms with Gasteiger partial charge in [0.15, 0.2) is 34.6 Å². The molecule has 0 aliphatic heterocycles. The van der Waals surface area contributed by atoms with Gasteiger partial charge >= 0.3 is 35.6 Å². The Labute approximate surface area is 426 Å². The maximum absolute atomic E-state index is 11.9. The molecule has 0 saturated heterocycles. The van der Waals surface area contributed by atoms with Crippen molar-refractivity contribution < 1.29 is 85.5 Å². The van der Waals surface area contributed by atoms with E-state index in [2.05, 4.69) is 76.7 Å². The third-order valence-electron chi connectivity index (χ3n) is 10.2. The van der Waals surface area contributed by atoms with E-state index in [9.17, 15) is 19.8 Å². The molecule has 3 aromatic heterocycles. The Bertz CT molecular complexity index is 3170. The number of hydrogen-bond acceptors (Lipinski definition) is 13. The Kier molecular flexibility index (Phi) is 18.7. The smallest absolute Gasteiger partial charge is 0.504 e. The number of phenols is 2. The number of rotatable bonds is 11. The molecule has 0 aliphatic carbocycles. The van der Waals surface area contributed by atoms with Crippen LogP contribution in [0.5, 0.6) is 23.0 Å². The van der Waals surface area contributed by atoms with Crippen molar-refractivity contribution in [3.63, 3.8) is 0 Å². The summed E-state index contributed by atoms with van der Waals surface area (Å²) in [7, 11) is 2.87. The first kappa shape index (κ1) is 52.4. The predicted octanol–water partition coefficient (Wildman–Crippen LogP) is 10.4. The van der Waals surface area contributed by atoms with Gasteiger partial charge in [-0.05, 0) is 127 Å². The molecule has 9 rings (SSSR count). The fourth-order valence-corrected chi connectivity index (χ4v) is 7.23. The molecule has 0 bridgehead atoms. The van der Waals surface area contributed by atoms with Gasteiger partial charge in [0.2, 0.25) is 0 Å². The molecule has 4 N–H and O–H groups in total. The van der Waals surface area contributed by atoms with Gasteiger partial charge in [0.05, 0.1) is 43.4 Å². The molecule has 9 aromatic rings. The van der Waals surface area contributed by atoms with Crippen molar-refractivity contribution in [1.82, 2.24) is 15.0 Å². The first-order valence-corrected chi connectivity index (χ1v) is 20.6. The Morgan fingerprint density at radius 2 is 1.01 bits per heavy atom. The van der Waals surface area contributed by atoms with Crippen molar-refractivity contribution in [2.75, 3.05) is 14.2 Å². The molecular formula is C52H41LaN5O12+3. The average molecular weight is 1070 g/mol. The van der Waals surface area contributed by atoms with Gasteiger partial charge in [-0.1, -0.05) is 91.0 Å². The van der Waals surface area contributed by atoms with E-state index >= 15 is 0 Å². The fourth-order valence-electron chi connectivity index (χ4n) is 7.23. The maximum atomic E-state index is 11.9. The summed E-state index contributed by atoms with van der Waals surface area (Å²) in [6, 6.07) is 45.3. The molecule has 0 amide bonds. The van der Waals surface area contributed by atoms with Crippen LogP contribution in [0.25, 0.3) is 78.4 Å². The van der Waals surface area contributed by atoms with Crippen molar-refractivity contribution in [2.24, 2.45) is 0 Å². The molecule has 70 heavy (non-hydrogen) atoms. The summed E-state index contributed by atoms with van der Waals surface area (Å²) in [6.45, 7) is 0. The molecule has 0 atom stereocenters. The summed E-state index contributed by atoms with van der Waals surface area (Å²) in [5, 5.41) is 54.0. The molecule has 346 valence electrons. The van der Waals surface area contributed by atoms with Crippen LogP contribution >= 0.6 is 0 Å². The number of hydrogen-bond donors (Lipinski definition) is 4. The van der Waals surface area contributed by atoms with Crippen LogP contribution in [0.3, 0.4) is 0 Å². The number of carbonyl (C=O) groups is 2. The van der Waals surface area contributed by atoms with Crippen molar-refractivity contribution in [3.8, 4) is 56.9 Å². The third kappa shape index (κ3) is 14.0. The minimum atomic E-state index is -1.50. The zero-order valence-corrected chi connectivity index (χ0v) is 40.9. The van der Waals surface area contributed by atoms with E-state index in [0.29, 0.717) is 22.6 Å². The Hall–Kier alpha value is -8.58. The monoisotopic (exact) mass is 1070 g/mol. The van der Waals surface area contributed by atoms with Crippen molar-refractivity contribution in [1.29, 1.82) is 0 Å². The van der Waals surface area contributed by atoms with Gasteiger partial charge in [-0.2, -0.15) is 0 Å². The van der Waals surface area contributed by atoms with Crippen LogP contribution in [0, 0.1) is 55.8 Å². The van der Waals surface area contributed by atoms with E-state index in [1.807, 2.05) is 36.4 Å². The first-order chi connectivity index (χ1) is 33.2. The molecule has 18 heteroatoms. The molecule has 0 unspecified atom stereocenters. The fraction of sp³-hybridized carbons (Fsp3) is 0.0577. The third-order valence-corrected chi connectivity index (χ3v) is 10.2. The van der Waals surface area contributed by atoms with Crippen molar-refractivity contribution >= 4 is 56.0 Å². The van der Waals surface area contributed by atoms with Gasteiger partial charge < -0.3 is 30.1 Å². The average Bonchev–Trinajstić information content (AvgIpc) is 3.35. The number of nitrogens with zero attached hydrogens (tertiary/aromatic N) is 5. The van der Waals surface area contributed by atoms with Crippen LogP contribution in [0.1, 0.15) is 17.5 Å². The minimum absolute atomic E-state index is 0. The number of ketones is 2. The van der Waals surface area contributed by atoms with Gasteiger partial charge in [-0.15, -0.1) is 20.2 Å². The second-order valence-corrected chi connectivity index (χ2v) is 14.6. The molecule has 0 aliphatic rings. The predicted molar refractivity (Wildman–Crippen MR) is 259 cm³/mol. The molecule has 17 nitrogen and oxygen atoms in total. The number of phenolic OH excluding ortho intramolecular Hbond substituents is 2. The SMILES string of the molecule is COc1cc(/C=C/C(=O)CC(=O)/C=C/c2ccc(O)c(OC)c2)ccc1O.O=[N+]([O-])O.O=[N+]([O-])O.[La+3].c1ccc(-c2cc(-c3ccc4ccc5cccc6ccc3c4c56)cc(-c3ccccn3)n2)nc1. The maximum Gasteiger partial charge on any atom is 3.00 e. The van der Waals surface area contributed by atoms with E-state index < -0.39 is 10.2 Å². The Morgan fingerprint density at radius 3 is 1.46 bits per heavy atom. The van der Waals surface area contributed by atoms with Crippen LogP contribution in [0.4, 0.5) is 0 Å². The number of benzene rings is 6. The standard InChI is InChI=1S/C31H19N3.C21H20O6.La.2HNO3/c1-3-16-32-26(8-1)28-18-23(19-29(34-28)27-9-2-4-17-33-27)24-14-12-22-11-10-20-6-5-7-21-13-15-25(24)31(22)30(20)21;1-26-20-11-14(5-9-18(20)24)3-7-16(22)13-17(23)8-4-15-6-10-19(25)21(12-15)27-2;;2*2-1(3)4/h1-19H;3-12,24-25H,13H2,1-2H3;;2*(H,2,3,4)/q;;+3;;/b;7-3+,8-4+;;;. The van der Waals surface area contributed by atoms with E-state index in [1.54, 1.807) is 48.8 Å². The molecule has 0 radical (unpaired) electrons. The minimum Gasteiger partial charge on any atom is -0.504 e. The normalized spacial score (nSPS) is 10.5. The summed E-state index contributed by atoms with van der Waals surface area (Å²) in [5.41, 5.74) is 6.98. The number of carbonyl (C=O) groups excluding carboxylic acids is 2. The largest absolute Gasteiger partial charge is 3.00 e. The second kappa shape index (κ2) is 25.0. The Balaban J connectivity index is 0.000000229. The van der Waals surface area contributed by atoms with Crippen LogP contribution < -0.4 is 9.47 Å². The number of methoxy groups -OCH3 is 2. The van der Waals surface area contributed by atoms with Gasteiger partial charge in [-0.3, -0.25) is 19.6 Å². The molecular weight excluding hydrogens is 1030 g/mol. The molecule has 6 aromatic carbocycles. The number of aromatic hydroxyl groups is 2. The summed E-state index contributed by atoms with van der Waals surface area (Å²) in [4.78, 5) is 54.6. The zero-order chi connectivity index (χ0) is 49.5. The van der Waals surface area contributed by atoms with E-state index in [0.717, 1.165) is 28.3 Å². The Morgan fingerprint density at radius 1 is 0.571 bits per heavy atom. The van der Waals surface area contributed by atoms with Crippen LogP contribution in [0.15, 0.2) is 164 Å². The van der Waals surface area contributed by atoms with E-state index in [4.69, 9.17) is 45.1 Å². The van der Waals surface area contributed by atoms with Crippen LogP contribution in [-0.2, 0) is 9.59 Å².